The summed E-state index contributed by atoms with van der Waals surface area (Å²) in [4.78, 5) is 28.0. The van der Waals surface area contributed by atoms with E-state index in [1.165, 1.54) is 11.3 Å². The van der Waals surface area contributed by atoms with Crippen LogP contribution in [0.4, 0.5) is 0 Å². The average molecular weight is 344 g/mol. The highest BCUT2D eigenvalue weighted by atomic mass is 32.1. The van der Waals surface area contributed by atoms with Crippen LogP contribution in [0.5, 0.6) is 0 Å². The van der Waals surface area contributed by atoms with Crippen LogP contribution in [0, 0.1) is 6.92 Å². The van der Waals surface area contributed by atoms with Crippen molar-refractivity contribution in [3.05, 3.63) is 57.8 Å². The van der Waals surface area contributed by atoms with Gasteiger partial charge in [0.05, 0.1) is 10.9 Å². The van der Waals surface area contributed by atoms with Crippen molar-refractivity contribution in [2.45, 2.75) is 25.8 Å². The molecule has 24 heavy (non-hydrogen) atoms. The maximum atomic E-state index is 12.1. The summed E-state index contributed by atoms with van der Waals surface area (Å²) in [5.74, 6) is -0.0464. The van der Waals surface area contributed by atoms with Crippen molar-refractivity contribution in [3.8, 4) is 0 Å². The zero-order chi connectivity index (χ0) is 17.5. The van der Waals surface area contributed by atoms with E-state index in [1.807, 2.05) is 51.4 Å². The van der Waals surface area contributed by atoms with E-state index in [1.54, 1.807) is 0 Å². The molecule has 0 fully saturated rings. The van der Waals surface area contributed by atoms with Crippen LogP contribution in [-0.2, 0) is 4.79 Å². The Bertz CT molecular complexity index is 680. The molecule has 1 N–H and O–H groups in total. The Hall–Kier alpha value is -1.98. The Balaban J connectivity index is 1.82. The summed E-state index contributed by atoms with van der Waals surface area (Å²) in [6, 6.07) is 14.0. The minimum atomic E-state index is -0.0839. The second-order valence-corrected chi connectivity index (χ2v) is 7.32. The van der Waals surface area contributed by atoms with Gasteiger partial charge in [0.25, 0.3) is 0 Å². The number of nitrogens with one attached hydrogen (secondary N) is 1. The minimum absolute atomic E-state index is 0.0375. The number of likely N-dealkylation sites (N-methyl/N-ethyl adjacent to an activating group) is 1. The second-order valence-electron chi connectivity index (χ2n) is 6.03. The number of nitrogens with zero attached hydrogens (tertiary/aromatic N) is 1. The Morgan fingerprint density at radius 1 is 1.08 bits per heavy atom. The number of carbonyl (C=O) groups is 2. The third kappa shape index (κ3) is 5.28. The molecule has 2 aromatic rings. The fraction of sp³-hybridized carbons (Fsp3) is 0.368. The molecule has 1 amide bonds. The molecule has 0 spiro atoms. The highest BCUT2D eigenvalue weighted by molar-refractivity contribution is 7.14. The number of benzene rings is 1. The number of carbonyl (C=O) groups excluding carboxylic acids is 2. The van der Waals surface area contributed by atoms with Crippen LogP contribution in [0.3, 0.4) is 0 Å². The van der Waals surface area contributed by atoms with Crippen molar-refractivity contribution in [2.24, 2.45) is 0 Å². The fourth-order valence-corrected chi connectivity index (χ4v) is 3.34. The van der Waals surface area contributed by atoms with Crippen molar-refractivity contribution in [2.75, 3.05) is 20.6 Å². The van der Waals surface area contributed by atoms with Gasteiger partial charge in [0, 0.05) is 24.3 Å². The molecule has 2 rings (SSSR count). The van der Waals surface area contributed by atoms with E-state index in [0.717, 1.165) is 15.3 Å². The Kier molecular flexibility index (Phi) is 6.70. The lowest BCUT2D eigenvalue weighted by molar-refractivity contribution is -0.121. The van der Waals surface area contributed by atoms with Crippen LogP contribution in [0.15, 0.2) is 42.5 Å². The molecule has 0 bridgehead atoms. The smallest absolute Gasteiger partial charge is 0.220 e. The molecule has 1 aromatic carbocycles. The van der Waals surface area contributed by atoms with Gasteiger partial charge in [-0.1, -0.05) is 30.3 Å². The summed E-state index contributed by atoms with van der Waals surface area (Å²) in [6.07, 6.45) is 0.481. The second kappa shape index (κ2) is 8.76. The number of thiophene rings is 1. The van der Waals surface area contributed by atoms with E-state index in [2.05, 4.69) is 22.3 Å². The third-order valence-electron chi connectivity index (χ3n) is 3.89. The maximum Gasteiger partial charge on any atom is 0.220 e. The first-order valence-corrected chi connectivity index (χ1v) is 8.86. The molecule has 0 radical (unpaired) electrons. The largest absolute Gasteiger partial charge is 0.354 e. The zero-order valence-corrected chi connectivity index (χ0v) is 15.2. The lowest BCUT2D eigenvalue weighted by Crippen LogP contribution is -2.34. The Morgan fingerprint density at radius 2 is 1.79 bits per heavy atom. The number of amides is 1. The monoisotopic (exact) mass is 344 g/mol. The number of hydrogen-bond acceptors (Lipinski definition) is 4. The first-order valence-electron chi connectivity index (χ1n) is 8.05. The molecule has 1 unspecified atom stereocenters. The molecule has 1 atom stereocenters. The maximum absolute atomic E-state index is 12.1. The average Bonchev–Trinajstić information content (AvgIpc) is 3.00. The third-order valence-corrected chi connectivity index (χ3v) is 4.94. The standard InChI is InChI=1S/C19H24N2O2S/c1-14-9-11-18(24-14)17(22)10-12-19(23)20-13-16(21(2)3)15-7-5-4-6-8-15/h4-9,11,16H,10,12-13H2,1-3H3,(H,20,23). The molecule has 5 heteroatoms. The topological polar surface area (TPSA) is 49.4 Å². The van der Waals surface area contributed by atoms with Crippen molar-refractivity contribution >= 4 is 23.0 Å². The Morgan fingerprint density at radius 3 is 2.38 bits per heavy atom. The SMILES string of the molecule is Cc1ccc(C(=O)CCC(=O)NCC(c2ccccc2)N(C)C)s1. The van der Waals surface area contributed by atoms with Crippen molar-refractivity contribution in [3.63, 3.8) is 0 Å². The van der Waals surface area contributed by atoms with Gasteiger partial charge in [-0.15, -0.1) is 11.3 Å². The minimum Gasteiger partial charge on any atom is -0.354 e. The fourth-order valence-electron chi connectivity index (χ4n) is 2.51. The lowest BCUT2D eigenvalue weighted by Gasteiger charge is -2.25. The van der Waals surface area contributed by atoms with Gasteiger partial charge in [-0.2, -0.15) is 0 Å². The molecular formula is C19H24N2O2S. The summed E-state index contributed by atoms with van der Waals surface area (Å²) in [7, 11) is 3.99. The number of Topliss-reactive ketones (excluding diaryl/α,β-unsaturated/α-hetero) is 1. The highest BCUT2D eigenvalue weighted by Gasteiger charge is 2.16. The summed E-state index contributed by atoms with van der Waals surface area (Å²) < 4.78 is 0. The predicted octanol–water partition coefficient (Wildman–Crippen LogP) is 3.44. The van der Waals surface area contributed by atoms with E-state index in [4.69, 9.17) is 0 Å². The van der Waals surface area contributed by atoms with Gasteiger partial charge >= 0.3 is 0 Å². The van der Waals surface area contributed by atoms with Gasteiger partial charge in [-0.05, 0) is 38.7 Å². The first-order chi connectivity index (χ1) is 11.5. The summed E-state index contributed by atoms with van der Waals surface area (Å²) in [6.45, 7) is 2.50. The van der Waals surface area contributed by atoms with E-state index in [-0.39, 0.29) is 30.6 Å². The van der Waals surface area contributed by atoms with Gasteiger partial charge in [0.1, 0.15) is 0 Å². The van der Waals surface area contributed by atoms with Crippen LogP contribution < -0.4 is 5.32 Å². The lowest BCUT2D eigenvalue weighted by atomic mass is 10.1. The summed E-state index contributed by atoms with van der Waals surface area (Å²) in [5.41, 5.74) is 1.16. The molecule has 0 aliphatic heterocycles. The number of aryl methyl sites for hydroxylation is 1. The van der Waals surface area contributed by atoms with Gasteiger partial charge in [-0.25, -0.2) is 0 Å². The molecule has 0 saturated carbocycles. The van der Waals surface area contributed by atoms with E-state index in [0.29, 0.717) is 6.54 Å². The van der Waals surface area contributed by atoms with Gasteiger partial charge in [0.15, 0.2) is 5.78 Å². The molecule has 0 saturated heterocycles. The van der Waals surface area contributed by atoms with Gasteiger partial charge in [-0.3, -0.25) is 9.59 Å². The molecular weight excluding hydrogens is 320 g/mol. The van der Waals surface area contributed by atoms with Crippen molar-refractivity contribution in [1.82, 2.24) is 10.2 Å². The van der Waals surface area contributed by atoms with Crippen molar-refractivity contribution in [1.29, 1.82) is 0 Å². The predicted molar refractivity (Wildman–Crippen MR) is 98.5 cm³/mol. The normalized spacial score (nSPS) is 12.2. The Labute approximate surface area is 147 Å². The molecule has 128 valence electrons. The van der Waals surface area contributed by atoms with E-state index < -0.39 is 0 Å². The quantitative estimate of drug-likeness (QED) is 0.746. The molecule has 1 aromatic heterocycles. The molecule has 0 aliphatic carbocycles. The van der Waals surface area contributed by atoms with Crippen LogP contribution in [0.2, 0.25) is 0 Å². The first kappa shape index (κ1) is 18.4. The number of ketones is 1. The summed E-state index contributed by atoms with van der Waals surface area (Å²) >= 11 is 1.48. The van der Waals surface area contributed by atoms with E-state index >= 15 is 0 Å². The molecule has 4 nitrogen and oxygen atoms in total. The number of rotatable bonds is 8. The summed E-state index contributed by atoms with van der Waals surface area (Å²) in [5, 5.41) is 2.95. The molecule has 0 aliphatic rings. The van der Waals surface area contributed by atoms with Crippen molar-refractivity contribution < 1.29 is 9.59 Å². The van der Waals surface area contributed by atoms with Crippen LogP contribution >= 0.6 is 11.3 Å². The van der Waals surface area contributed by atoms with Crippen LogP contribution in [0.25, 0.3) is 0 Å². The van der Waals surface area contributed by atoms with Gasteiger partial charge in [0.2, 0.25) is 5.91 Å². The molecule has 1 heterocycles. The number of hydrogen-bond donors (Lipinski definition) is 1. The van der Waals surface area contributed by atoms with E-state index in [9.17, 15) is 9.59 Å². The van der Waals surface area contributed by atoms with Crippen LogP contribution in [-0.4, -0.2) is 37.2 Å². The van der Waals surface area contributed by atoms with Gasteiger partial charge < -0.3 is 10.2 Å². The highest BCUT2D eigenvalue weighted by Crippen LogP contribution is 2.18. The zero-order valence-electron chi connectivity index (χ0n) is 14.4. The van der Waals surface area contributed by atoms with Crippen LogP contribution in [0.1, 0.15) is 39.0 Å².